The van der Waals surface area contributed by atoms with Crippen LogP contribution in [0.4, 0.5) is 5.69 Å². The maximum absolute atomic E-state index is 13.6. The molecule has 174 valence electrons. The molecule has 3 N–H and O–H groups in total. The van der Waals surface area contributed by atoms with Crippen molar-refractivity contribution in [3.8, 4) is 0 Å². The largest absolute Gasteiger partial charge is 0.396 e. The minimum absolute atomic E-state index is 0.0324. The van der Waals surface area contributed by atoms with Crippen LogP contribution in [0.3, 0.4) is 0 Å². The van der Waals surface area contributed by atoms with Crippen molar-refractivity contribution >= 4 is 23.4 Å². The number of nitrogens with one attached hydrogen (secondary N) is 2. The van der Waals surface area contributed by atoms with E-state index in [9.17, 15) is 19.5 Å². The van der Waals surface area contributed by atoms with Crippen LogP contribution < -0.4 is 10.6 Å². The van der Waals surface area contributed by atoms with E-state index in [-0.39, 0.29) is 30.4 Å². The van der Waals surface area contributed by atoms with Gasteiger partial charge in [0.05, 0.1) is 17.9 Å². The molecule has 0 radical (unpaired) electrons. The summed E-state index contributed by atoms with van der Waals surface area (Å²) >= 11 is 0. The SMILES string of the molecule is CCCCNC(=O)C1N(CCCCO)C(=O)[C@@H]2[C@@H](C(=O)Nc3ccccc3)[C@H]3CCC12O3. The Morgan fingerprint density at radius 3 is 2.69 bits per heavy atom. The van der Waals surface area contributed by atoms with E-state index >= 15 is 0 Å². The summed E-state index contributed by atoms with van der Waals surface area (Å²) in [6, 6.07) is 8.43. The number of unbranched alkanes of at least 4 members (excludes halogenated alkanes) is 2. The van der Waals surface area contributed by atoms with E-state index in [1.807, 2.05) is 30.3 Å². The number of anilines is 1. The number of amides is 3. The number of aliphatic hydroxyl groups excluding tert-OH is 1. The van der Waals surface area contributed by atoms with Crippen molar-refractivity contribution in [2.75, 3.05) is 25.0 Å². The van der Waals surface area contributed by atoms with Crippen molar-refractivity contribution in [1.82, 2.24) is 10.2 Å². The Morgan fingerprint density at radius 1 is 1.19 bits per heavy atom. The molecule has 2 bridgehead atoms. The Morgan fingerprint density at radius 2 is 1.97 bits per heavy atom. The third-order valence-electron chi connectivity index (χ3n) is 7.03. The predicted molar refractivity (Wildman–Crippen MR) is 119 cm³/mol. The van der Waals surface area contributed by atoms with Crippen LogP contribution >= 0.6 is 0 Å². The second-order valence-electron chi connectivity index (χ2n) is 9.02. The second-order valence-corrected chi connectivity index (χ2v) is 9.02. The minimum Gasteiger partial charge on any atom is -0.396 e. The smallest absolute Gasteiger partial charge is 0.245 e. The van der Waals surface area contributed by atoms with Gasteiger partial charge in [0.1, 0.15) is 11.6 Å². The lowest BCUT2D eigenvalue weighted by Gasteiger charge is -2.33. The first-order valence-corrected chi connectivity index (χ1v) is 11.8. The van der Waals surface area contributed by atoms with Crippen LogP contribution in [0.2, 0.25) is 0 Å². The molecule has 0 aliphatic carbocycles. The van der Waals surface area contributed by atoms with Gasteiger partial charge in [-0.25, -0.2) is 0 Å². The van der Waals surface area contributed by atoms with Crippen molar-refractivity contribution in [2.24, 2.45) is 11.8 Å². The Balaban J connectivity index is 1.60. The molecule has 3 aliphatic rings. The number of carbonyl (C=O) groups excluding carboxylic acids is 3. The van der Waals surface area contributed by atoms with Gasteiger partial charge in [-0.3, -0.25) is 14.4 Å². The summed E-state index contributed by atoms with van der Waals surface area (Å²) in [5, 5.41) is 15.1. The zero-order valence-corrected chi connectivity index (χ0v) is 18.6. The summed E-state index contributed by atoms with van der Waals surface area (Å²) in [5.74, 6) is -1.91. The molecule has 3 fully saturated rings. The lowest BCUT2D eigenvalue weighted by Crippen LogP contribution is -2.55. The maximum Gasteiger partial charge on any atom is 0.245 e. The first-order chi connectivity index (χ1) is 15.5. The summed E-state index contributed by atoms with van der Waals surface area (Å²) in [5.41, 5.74) is -0.288. The van der Waals surface area contributed by atoms with Gasteiger partial charge in [0.25, 0.3) is 0 Å². The van der Waals surface area contributed by atoms with Gasteiger partial charge in [-0.2, -0.15) is 0 Å². The number of ether oxygens (including phenoxy) is 1. The number of fused-ring (bicyclic) bond motifs is 1. The molecular formula is C24H33N3O5. The molecule has 3 aliphatic heterocycles. The van der Waals surface area contributed by atoms with Crippen molar-refractivity contribution in [1.29, 1.82) is 0 Å². The lowest BCUT2D eigenvalue weighted by atomic mass is 9.70. The number of carbonyl (C=O) groups is 3. The van der Waals surface area contributed by atoms with Crippen LogP contribution in [0.25, 0.3) is 0 Å². The van der Waals surface area contributed by atoms with E-state index in [0.29, 0.717) is 44.5 Å². The van der Waals surface area contributed by atoms with E-state index in [1.54, 1.807) is 4.90 Å². The van der Waals surface area contributed by atoms with Crippen molar-refractivity contribution in [2.45, 2.75) is 63.2 Å². The Labute approximate surface area is 188 Å². The molecule has 3 amide bonds. The molecule has 8 nitrogen and oxygen atoms in total. The average molecular weight is 444 g/mol. The number of benzene rings is 1. The molecule has 1 spiro atoms. The van der Waals surface area contributed by atoms with Gasteiger partial charge < -0.3 is 25.4 Å². The summed E-state index contributed by atoms with van der Waals surface area (Å²) < 4.78 is 6.37. The van der Waals surface area contributed by atoms with Gasteiger partial charge in [0.15, 0.2) is 0 Å². The molecule has 4 rings (SSSR count). The number of hydrogen-bond acceptors (Lipinski definition) is 5. The van der Waals surface area contributed by atoms with Crippen LogP contribution in [0.1, 0.15) is 45.4 Å². The maximum atomic E-state index is 13.6. The zero-order chi connectivity index (χ0) is 22.7. The van der Waals surface area contributed by atoms with E-state index in [0.717, 1.165) is 12.8 Å². The van der Waals surface area contributed by atoms with Crippen molar-refractivity contribution in [3.05, 3.63) is 30.3 Å². The van der Waals surface area contributed by atoms with Crippen LogP contribution in [-0.2, 0) is 19.1 Å². The molecule has 32 heavy (non-hydrogen) atoms. The summed E-state index contributed by atoms with van der Waals surface area (Å²) in [6.45, 7) is 3.00. The van der Waals surface area contributed by atoms with Gasteiger partial charge in [-0.15, -0.1) is 0 Å². The van der Waals surface area contributed by atoms with E-state index in [1.165, 1.54) is 0 Å². The monoisotopic (exact) mass is 443 g/mol. The Bertz CT molecular complexity index is 847. The number of para-hydroxylation sites is 1. The Kier molecular flexibility index (Phi) is 6.81. The average Bonchev–Trinajstić information content (AvgIpc) is 3.42. The third kappa shape index (κ3) is 3.90. The van der Waals surface area contributed by atoms with Gasteiger partial charge >= 0.3 is 0 Å². The third-order valence-corrected chi connectivity index (χ3v) is 7.03. The number of likely N-dealkylation sites (tertiary alicyclic amines) is 1. The first-order valence-electron chi connectivity index (χ1n) is 11.8. The van der Waals surface area contributed by atoms with Gasteiger partial charge in [0.2, 0.25) is 17.7 Å². The van der Waals surface area contributed by atoms with E-state index in [2.05, 4.69) is 17.6 Å². The van der Waals surface area contributed by atoms with E-state index in [4.69, 9.17) is 4.74 Å². The normalized spacial score (nSPS) is 30.4. The number of rotatable bonds is 10. The fraction of sp³-hybridized carbons (Fsp3) is 0.625. The highest BCUT2D eigenvalue weighted by Gasteiger charge is 2.74. The standard InChI is InChI=1S/C24H33N3O5/c1-2-3-13-25-22(30)20-24-12-11-17(32-24)18(21(29)26-16-9-5-4-6-10-16)19(24)23(31)27(20)14-7-8-15-28/h4-6,9-10,17-20,28H,2-3,7-8,11-15H2,1H3,(H,25,30)(H,26,29)/t17-,18+,19+,20?,24?/m1/s1. The molecule has 3 saturated heterocycles. The summed E-state index contributed by atoms with van der Waals surface area (Å²) in [7, 11) is 0. The van der Waals surface area contributed by atoms with Crippen LogP contribution in [0.15, 0.2) is 30.3 Å². The highest BCUT2D eigenvalue weighted by atomic mass is 16.5. The second kappa shape index (κ2) is 9.58. The molecule has 0 aromatic heterocycles. The van der Waals surface area contributed by atoms with E-state index < -0.39 is 23.5 Å². The van der Waals surface area contributed by atoms with Gasteiger partial charge in [0, 0.05) is 25.4 Å². The van der Waals surface area contributed by atoms with Crippen LogP contribution in [-0.4, -0.2) is 65.2 Å². The quantitative estimate of drug-likeness (QED) is 0.477. The predicted octanol–water partition coefficient (Wildman–Crippen LogP) is 1.69. The molecule has 1 aromatic rings. The molecule has 2 unspecified atom stereocenters. The Hall–Kier alpha value is -2.45. The first kappa shape index (κ1) is 22.7. The summed E-state index contributed by atoms with van der Waals surface area (Å²) in [4.78, 5) is 41.7. The molecule has 8 heteroatoms. The van der Waals surface area contributed by atoms with Crippen LogP contribution in [0, 0.1) is 11.8 Å². The fourth-order valence-electron chi connectivity index (χ4n) is 5.62. The number of hydrogen-bond donors (Lipinski definition) is 3. The number of nitrogens with zero attached hydrogens (tertiary/aromatic N) is 1. The molecule has 1 aromatic carbocycles. The highest BCUT2D eigenvalue weighted by Crippen LogP contribution is 2.58. The number of aliphatic hydroxyl groups is 1. The van der Waals surface area contributed by atoms with Crippen molar-refractivity contribution in [3.63, 3.8) is 0 Å². The highest BCUT2D eigenvalue weighted by molar-refractivity contribution is 6.01. The van der Waals surface area contributed by atoms with Crippen LogP contribution in [0.5, 0.6) is 0 Å². The van der Waals surface area contributed by atoms with Gasteiger partial charge in [-0.05, 0) is 44.2 Å². The summed E-state index contributed by atoms with van der Waals surface area (Å²) in [6.07, 6.45) is 3.84. The molecule has 0 saturated carbocycles. The molecule has 5 atom stereocenters. The molecular weight excluding hydrogens is 410 g/mol. The van der Waals surface area contributed by atoms with Gasteiger partial charge in [-0.1, -0.05) is 31.5 Å². The minimum atomic E-state index is -0.962. The zero-order valence-electron chi connectivity index (χ0n) is 18.6. The lowest BCUT2D eigenvalue weighted by molar-refractivity contribution is -0.141. The van der Waals surface area contributed by atoms with Crippen molar-refractivity contribution < 1.29 is 24.2 Å². The fourth-order valence-corrected chi connectivity index (χ4v) is 5.62. The molecule has 3 heterocycles. The topological polar surface area (TPSA) is 108 Å².